The second-order valence-corrected chi connectivity index (χ2v) is 8.78. The number of amides is 2. The van der Waals surface area contributed by atoms with Crippen LogP contribution < -0.4 is 11.1 Å². The number of imidazole rings is 1. The topological polar surface area (TPSA) is 93.2 Å². The largest absolute Gasteiger partial charge is 0.369 e. The van der Waals surface area contributed by atoms with E-state index in [0.29, 0.717) is 12.3 Å². The number of nitrogens with one attached hydrogen (secondary N) is 1. The van der Waals surface area contributed by atoms with Gasteiger partial charge in [-0.05, 0) is 63.4 Å². The van der Waals surface area contributed by atoms with Gasteiger partial charge in [-0.15, -0.1) is 0 Å². The monoisotopic (exact) mass is 429 g/mol. The highest BCUT2D eigenvalue weighted by Crippen LogP contribution is 2.24. The Hall–Kier alpha value is -2.32. The molecule has 0 aliphatic carbocycles. The summed E-state index contributed by atoms with van der Waals surface area (Å²) in [7, 11) is 0. The highest BCUT2D eigenvalue weighted by molar-refractivity contribution is 7.99. The van der Waals surface area contributed by atoms with Gasteiger partial charge in [0, 0.05) is 25.5 Å². The average molecular weight is 430 g/mol. The van der Waals surface area contributed by atoms with Crippen molar-refractivity contribution in [3.8, 4) is 5.69 Å². The summed E-state index contributed by atoms with van der Waals surface area (Å²) >= 11 is 1.44. The minimum absolute atomic E-state index is 0.00386. The van der Waals surface area contributed by atoms with Gasteiger partial charge in [0.25, 0.3) is 0 Å². The molecule has 1 aliphatic rings. The Morgan fingerprint density at radius 2 is 2.17 bits per heavy atom. The van der Waals surface area contributed by atoms with E-state index in [4.69, 9.17) is 5.73 Å². The Labute approximate surface area is 182 Å². The Morgan fingerprint density at radius 3 is 2.97 bits per heavy atom. The van der Waals surface area contributed by atoms with Gasteiger partial charge < -0.3 is 16.0 Å². The summed E-state index contributed by atoms with van der Waals surface area (Å²) in [6.07, 6.45) is 6.44. The summed E-state index contributed by atoms with van der Waals surface area (Å²) < 4.78 is 2.03. The van der Waals surface area contributed by atoms with Gasteiger partial charge >= 0.3 is 0 Å². The predicted octanol–water partition coefficient (Wildman–Crippen LogP) is 2.28. The lowest BCUT2D eigenvalue weighted by molar-refractivity contribution is -0.123. The molecule has 2 amide bonds. The molecule has 0 spiro atoms. The molecule has 0 radical (unpaired) electrons. The van der Waals surface area contributed by atoms with Crippen LogP contribution in [-0.2, 0) is 9.59 Å². The van der Waals surface area contributed by atoms with Gasteiger partial charge in [0.2, 0.25) is 11.8 Å². The number of aromatic nitrogens is 2. The molecular formula is C22H31N5O2S. The van der Waals surface area contributed by atoms with Crippen LogP contribution in [0.1, 0.15) is 30.4 Å². The normalized spacial score (nSPS) is 17.1. The first kappa shape index (κ1) is 22.4. The zero-order chi connectivity index (χ0) is 21.5. The second kappa shape index (κ2) is 10.6. The van der Waals surface area contributed by atoms with Crippen molar-refractivity contribution >= 4 is 23.6 Å². The molecule has 30 heavy (non-hydrogen) atoms. The maximum atomic E-state index is 12.3. The highest BCUT2D eigenvalue weighted by atomic mass is 32.2. The third-order valence-corrected chi connectivity index (χ3v) is 6.62. The lowest BCUT2D eigenvalue weighted by atomic mass is 9.97. The number of hydrogen-bond acceptors (Lipinski definition) is 5. The number of piperidine rings is 1. The quantitative estimate of drug-likeness (QED) is 0.471. The zero-order valence-corrected chi connectivity index (χ0v) is 18.6. The first-order chi connectivity index (χ1) is 14.5. The molecule has 3 N–H and O–H groups in total. The molecule has 1 saturated heterocycles. The number of carbonyl (C=O) groups is 2. The molecule has 1 atom stereocenters. The van der Waals surface area contributed by atoms with Crippen molar-refractivity contribution in [2.45, 2.75) is 38.3 Å². The number of likely N-dealkylation sites (tertiary alicyclic amines) is 1. The van der Waals surface area contributed by atoms with Crippen LogP contribution in [0.4, 0.5) is 0 Å². The number of rotatable bonds is 9. The number of benzene rings is 1. The van der Waals surface area contributed by atoms with Crippen molar-refractivity contribution in [3.05, 3.63) is 41.7 Å². The molecule has 0 saturated carbocycles. The summed E-state index contributed by atoms with van der Waals surface area (Å²) in [5, 5.41) is 3.79. The lowest BCUT2D eigenvalue weighted by Gasteiger charge is -2.31. The van der Waals surface area contributed by atoms with Crippen molar-refractivity contribution in [1.29, 1.82) is 0 Å². The van der Waals surface area contributed by atoms with Crippen LogP contribution in [0, 0.1) is 19.8 Å². The number of thioether (sulfide) groups is 1. The molecular weight excluding hydrogens is 398 g/mol. The number of hydrogen-bond donors (Lipinski definition) is 2. The summed E-state index contributed by atoms with van der Waals surface area (Å²) in [5.41, 5.74) is 8.95. The fraction of sp³-hybridized carbons (Fsp3) is 0.500. The Kier molecular flexibility index (Phi) is 7.93. The minimum Gasteiger partial charge on any atom is -0.369 e. The molecule has 8 heteroatoms. The predicted molar refractivity (Wildman–Crippen MR) is 120 cm³/mol. The van der Waals surface area contributed by atoms with E-state index in [-0.39, 0.29) is 17.7 Å². The van der Waals surface area contributed by atoms with E-state index in [0.717, 1.165) is 49.7 Å². The number of nitrogens with zero attached hydrogens (tertiary/aromatic N) is 3. The van der Waals surface area contributed by atoms with Gasteiger partial charge in [-0.3, -0.25) is 14.2 Å². The SMILES string of the molecule is Cc1cccc(-n2ccnc2SCC(=O)NCCCN2CCCC(C(N)=O)C2)c1C. The fourth-order valence-electron chi connectivity index (χ4n) is 3.78. The number of carbonyl (C=O) groups excluding carboxylic acids is 2. The summed E-state index contributed by atoms with van der Waals surface area (Å²) in [4.78, 5) is 30.3. The highest BCUT2D eigenvalue weighted by Gasteiger charge is 2.23. The zero-order valence-electron chi connectivity index (χ0n) is 17.8. The molecule has 1 fully saturated rings. The Bertz CT molecular complexity index is 882. The molecule has 1 aromatic carbocycles. The van der Waals surface area contributed by atoms with Crippen LogP contribution in [0.2, 0.25) is 0 Å². The molecule has 1 aliphatic heterocycles. The second-order valence-electron chi connectivity index (χ2n) is 7.83. The third kappa shape index (κ3) is 5.86. The standard InChI is InChI=1S/C22H31N5O2S/c1-16-6-3-8-19(17(16)2)27-13-10-25-22(27)30-15-20(28)24-9-5-12-26-11-4-7-18(14-26)21(23)29/h3,6,8,10,13,18H,4-5,7,9,11-12,14-15H2,1-2H3,(H2,23,29)(H,24,28). The van der Waals surface area contributed by atoms with Crippen LogP contribution >= 0.6 is 11.8 Å². The van der Waals surface area contributed by atoms with Gasteiger partial charge in [0.1, 0.15) is 0 Å². The van der Waals surface area contributed by atoms with E-state index >= 15 is 0 Å². The van der Waals surface area contributed by atoms with E-state index in [1.165, 1.54) is 22.9 Å². The van der Waals surface area contributed by atoms with Crippen molar-refractivity contribution in [1.82, 2.24) is 19.8 Å². The van der Waals surface area contributed by atoms with Gasteiger partial charge in [-0.2, -0.15) is 0 Å². The number of aryl methyl sites for hydroxylation is 1. The van der Waals surface area contributed by atoms with Crippen LogP contribution in [0.25, 0.3) is 5.69 Å². The van der Waals surface area contributed by atoms with E-state index in [2.05, 4.69) is 41.2 Å². The van der Waals surface area contributed by atoms with E-state index in [9.17, 15) is 9.59 Å². The Balaban J connectivity index is 1.41. The number of nitrogens with two attached hydrogens (primary N) is 1. The van der Waals surface area contributed by atoms with Crippen LogP contribution in [0.15, 0.2) is 35.7 Å². The molecule has 1 unspecified atom stereocenters. The molecule has 162 valence electrons. The van der Waals surface area contributed by atoms with Crippen molar-refractivity contribution in [2.75, 3.05) is 31.9 Å². The third-order valence-electron chi connectivity index (χ3n) is 5.66. The van der Waals surface area contributed by atoms with E-state index in [1.807, 2.05) is 16.8 Å². The van der Waals surface area contributed by atoms with Crippen LogP contribution in [0.5, 0.6) is 0 Å². The van der Waals surface area contributed by atoms with E-state index < -0.39 is 0 Å². The van der Waals surface area contributed by atoms with E-state index in [1.54, 1.807) is 6.20 Å². The van der Waals surface area contributed by atoms with Crippen LogP contribution in [0.3, 0.4) is 0 Å². The fourth-order valence-corrected chi connectivity index (χ4v) is 4.57. The van der Waals surface area contributed by atoms with Crippen molar-refractivity contribution < 1.29 is 9.59 Å². The smallest absolute Gasteiger partial charge is 0.230 e. The average Bonchev–Trinajstić information content (AvgIpc) is 3.20. The van der Waals surface area contributed by atoms with Gasteiger partial charge in [-0.1, -0.05) is 23.9 Å². The molecule has 2 heterocycles. The molecule has 7 nitrogen and oxygen atoms in total. The van der Waals surface area contributed by atoms with Gasteiger partial charge in [0.05, 0.1) is 17.4 Å². The Morgan fingerprint density at radius 1 is 1.33 bits per heavy atom. The summed E-state index contributed by atoms with van der Waals surface area (Å²) in [6, 6.07) is 6.19. The molecule has 2 aromatic rings. The van der Waals surface area contributed by atoms with Crippen molar-refractivity contribution in [2.24, 2.45) is 11.7 Å². The first-order valence-electron chi connectivity index (χ1n) is 10.5. The van der Waals surface area contributed by atoms with Crippen molar-refractivity contribution in [3.63, 3.8) is 0 Å². The van der Waals surface area contributed by atoms with Gasteiger partial charge in [-0.25, -0.2) is 4.98 Å². The molecule has 3 rings (SSSR count). The molecule has 0 bridgehead atoms. The number of primary amides is 1. The van der Waals surface area contributed by atoms with Crippen LogP contribution in [-0.4, -0.2) is 58.2 Å². The molecule has 1 aromatic heterocycles. The maximum absolute atomic E-state index is 12.3. The van der Waals surface area contributed by atoms with Gasteiger partial charge in [0.15, 0.2) is 5.16 Å². The maximum Gasteiger partial charge on any atom is 0.230 e. The summed E-state index contributed by atoms with van der Waals surface area (Å²) in [5.74, 6) is 0.0916. The lowest BCUT2D eigenvalue weighted by Crippen LogP contribution is -2.42. The summed E-state index contributed by atoms with van der Waals surface area (Å²) in [6.45, 7) is 7.42. The minimum atomic E-state index is -0.204. The first-order valence-corrected chi connectivity index (χ1v) is 11.5.